The maximum atomic E-state index is 11.8. The standard InChI is InChI=1S/C3H5Cl2F/c1-3(5,6)2-4/h2H2,1H3. The Morgan fingerprint density at radius 1 is 1.83 bits per heavy atom. The van der Waals surface area contributed by atoms with E-state index < -0.39 is 5.13 Å². The summed E-state index contributed by atoms with van der Waals surface area (Å²) in [6, 6.07) is 0. The summed E-state index contributed by atoms with van der Waals surface area (Å²) in [4.78, 5) is 0. The van der Waals surface area contributed by atoms with Crippen molar-refractivity contribution in [3.05, 3.63) is 0 Å². The van der Waals surface area contributed by atoms with Gasteiger partial charge in [0.1, 0.15) is 0 Å². The van der Waals surface area contributed by atoms with Crippen LogP contribution in [0.5, 0.6) is 0 Å². The molecular weight excluding hydrogens is 126 g/mol. The van der Waals surface area contributed by atoms with Crippen LogP contribution in [-0.4, -0.2) is 11.0 Å². The molecule has 0 aromatic carbocycles. The highest BCUT2D eigenvalue weighted by Crippen LogP contribution is 2.15. The summed E-state index contributed by atoms with van der Waals surface area (Å²) in [6.45, 7) is 1.21. The van der Waals surface area contributed by atoms with Crippen molar-refractivity contribution in [2.45, 2.75) is 12.1 Å². The maximum absolute atomic E-state index is 11.8. The summed E-state index contributed by atoms with van der Waals surface area (Å²) in [5.41, 5.74) is 0. The van der Waals surface area contributed by atoms with Gasteiger partial charge in [0.2, 0.25) is 0 Å². The van der Waals surface area contributed by atoms with Crippen LogP contribution in [0.25, 0.3) is 0 Å². The Balaban J connectivity index is 3.17. The average molecular weight is 131 g/mol. The largest absolute Gasteiger partial charge is 0.225 e. The van der Waals surface area contributed by atoms with Crippen LogP contribution in [0, 0.1) is 0 Å². The van der Waals surface area contributed by atoms with Crippen LogP contribution in [0.4, 0.5) is 4.39 Å². The van der Waals surface area contributed by atoms with Gasteiger partial charge in [0.25, 0.3) is 0 Å². The number of rotatable bonds is 1. The lowest BCUT2D eigenvalue weighted by molar-refractivity contribution is 0.340. The third-order valence-electron chi connectivity index (χ3n) is 0.235. The molecule has 0 rings (SSSR count). The average Bonchev–Trinajstić information content (AvgIpc) is 1.35. The molecule has 0 aliphatic heterocycles. The second kappa shape index (κ2) is 1.99. The molecule has 0 saturated heterocycles. The number of hydrogen-bond donors (Lipinski definition) is 0. The predicted octanol–water partition coefficient (Wildman–Crippen LogP) is 2.15. The van der Waals surface area contributed by atoms with Crippen LogP contribution in [0.15, 0.2) is 0 Å². The lowest BCUT2D eigenvalue weighted by atomic mass is 10.5. The van der Waals surface area contributed by atoms with E-state index in [2.05, 4.69) is 0 Å². The van der Waals surface area contributed by atoms with Gasteiger partial charge in [-0.3, -0.25) is 0 Å². The van der Waals surface area contributed by atoms with Crippen LogP contribution in [-0.2, 0) is 0 Å². The molecule has 6 heavy (non-hydrogen) atoms. The lowest BCUT2D eigenvalue weighted by Crippen LogP contribution is -2.08. The summed E-state index contributed by atoms with van der Waals surface area (Å²) in [6.07, 6.45) is 0. The van der Waals surface area contributed by atoms with Gasteiger partial charge in [0.15, 0.2) is 5.13 Å². The third-order valence-corrected chi connectivity index (χ3v) is 1.01. The molecule has 1 atom stereocenters. The zero-order valence-corrected chi connectivity index (χ0v) is 4.85. The highest BCUT2D eigenvalue weighted by Gasteiger charge is 2.14. The summed E-state index contributed by atoms with van der Waals surface area (Å²) in [5.74, 6) is -0.158. The van der Waals surface area contributed by atoms with E-state index in [9.17, 15) is 4.39 Å². The number of hydrogen-bond acceptors (Lipinski definition) is 0. The van der Waals surface area contributed by atoms with Crippen LogP contribution >= 0.6 is 23.2 Å². The minimum absolute atomic E-state index is 0.158. The van der Waals surface area contributed by atoms with Gasteiger partial charge in [-0.05, 0) is 6.92 Å². The van der Waals surface area contributed by atoms with E-state index in [4.69, 9.17) is 23.2 Å². The molecule has 0 nitrogen and oxygen atoms in total. The van der Waals surface area contributed by atoms with Gasteiger partial charge in [0, 0.05) is 0 Å². The Kier molecular flexibility index (Phi) is 2.16. The minimum Gasteiger partial charge on any atom is -0.225 e. The van der Waals surface area contributed by atoms with E-state index in [0.717, 1.165) is 0 Å². The van der Waals surface area contributed by atoms with Crippen molar-refractivity contribution >= 4 is 23.2 Å². The fourth-order valence-corrected chi connectivity index (χ4v) is 0. The smallest absolute Gasteiger partial charge is 0.194 e. The zero-order chi connectivity index (χ0) is 5.21. The van der Waals surface area contributed by atoms with Crippen molar-refractivity contribution in [3.8, 4) is 0 Å². The Morgan fingerprint density at radius 2 is 2.00 bits per heavy atom. The van der Waals surface area contributed by atoms with Crippen molar-refractivity contribution in [1.82, 2.24) is 0 Å². The lowest BCUT2D eigenvalue weighted by Gasteiger charge is -2.02. The zero-order valence-electron chi connectivity index (χ0n) is 3.34. The van der Waals surface area contributed by atoms with Gasteiger partial charge < -0.3 is 0 Å². The first-order valence-corrected chi connectivity index (χ1v) is 2.41. The van der Waals surface area contributed by atoms with Gasteiger partial charge in [0.05, 0.1) is 5.88 Å². The van der Waals surface area contributed by atoms with Gasteiger partial charge in [-0.15, -0.1) is 11.6 Å². The molecule has 0 aliphatic carbocycles. The van der Waals surface area contributed by atoms with Crippen LogP contribution in [0.1, 0.15) is 6.92 Å². The molecule has 0 aromatic heterocycles. The molecule has 0 aliphatic rings. The molecule has 3 heteroatoms. The van der Waals surface area contributed by atoms with Gasteiger partial charge in [-0.1, -0.05) is 11.6 Å². The molecule has 0 fully saturated rings. The van der Waals surface area contributed by atoms with E-state index >= 15 is 0 Å². The predicted molar refractivity (Wildman–Crippen MR) is 26.1 cm³/mol. The van der Waals surface area contributed by atoms with Crippen LogP contribution < -0.4 is 0 Å². The molecule has 0 radical (unpaired) electrons. The third kappa shape index (κ3) is 4.51. The summed E-state index contributed by atoms with van der Waals surface area (Å²) in [5, 5.41) is -1.72. The van der Waals surface area contributed by atoms with E-state index in [1.54, 1.807) is 0 Å². The molecule has 38 valence electrons. The molecule has 1 unspecified atom stereocenters. The van der Waals surface area contributed by atoms with Crippen molar-refractivity contribution in [3.63, 3.8) is 0 Å². The Labute approximate surface area is 46.2 Å². The monoisotopic (exact) mass is 130 g/mol. The highest BCUT2D eigenvalue weighted by molar-refractivity contribution is 6.29. The van der Waals surface area contributed by atoms with Gasteiger partial charge >= 0.3 is 0 Å². The molecule has 0 saturated carbocycles. The first-order valence-electron chi connectivity index (χ1n) is 1.50. The van der Waals surface area contributed by atoms with Crippen molar-refractivity contribution in [1.29, 1.82) is 0 Å². The van der Waals surface area contributed by atoms with Crippen LogP contribution in [0.2, 0.25) is 0 Å². The van der Waals surface area contributed by atoms with E-state index in [1.165, 1.54) is 6.92 Å². The normalized spacial score (nSPS) is 20.0. The summed E-state index contributed by atoms with van der Waals surface area (Å²) in [7, 11) is 0. The SMILES string of the molecule is CC(F)(Cl)CCl. The number of alkyl halides is 3. The Hall–Kier alpha value is 0.510. The Bertz CT molecular complexity index is 38.5. The van der Waals surface area contributed by atoms with Gasteiger partial charge in [-0.2, -0.15) is 0 Å². The molecule has 0 aromatic rings. The Morgan fingerprint density at radius 3 is 2.00 bits per heavy atom. The second-order valence-electron chi connectivity index (χ2n) is 1.20. The second-order valence-corrected chi connectivity index (χ2v) is 2.26. The molecule has 0 N–H and O–H groups in total. The van der Waals surface area contributed by atoms with Gasteiger partial charge in [-0.25, -0.2) is 4.39 Å². The molecule has 0 heterocycles. The molecular formula is C3H5Cl2F. The summed E-state index contributed by atoms with van der Waals surface area (Å²) < 4.78 is 11.8. The maximum Gasteiger partial charge on any atom is 0.194 e. The molecule has 0 amide bonds. The quantitative estimate of drug-likeness (QED) is 0.478. The first kappa shape index (κ1) is 6.51. The van der Waals surface area contributed by atoms with Crippen molar-refractivity contribution < 1.29 is 4.39 Å². The highest BCUT2D eigenvalue weighted by atomic mass is 35.5. The number of halogens is 3. The van der Waals surface area contributed by atoms with Crippen LogP contribution in [0.3, 0.4) is 0 Å². The summed E-state index contributed by atoms with van der Waals surface area (Å²) >= 11 is 9.89. The molecule has 0 spiro atoms. The van der Waals surface area contributed by atoms with E-state index in [0.29, 0.717) is 0 Å². The van der Waals surface area contributed by atoms with Crippen molar-refractivity contribution in [2.24, 2.45) is 0 Å². The minimum atomic E-state index is -1.72. The van der Waals surface area contributed by atoms with E-state index in [-0.39, 0.29) is 5.88 Å². The van der Waals surface area contributed by atoms with E-state index in [1.807, 2.05) is 0 Å². The topological polar surface area (TPSA) is 0 Å². The first-order chi connectivity index (χ1) is 2.56. The fraction of sp³-hybridized carbons (Fsp3) is 1.00. The fourth-order valence-electron chi connectivity index (χ4n) is 0. The van der Waals surface area contributed by atoms with Crippen molar-refractivity contribution in [2.75, 3.05) is 5.88 Å². The molecule has 0 bridgehead atoms.